The van der Waals surface area contributed by atoms with Gasteiger partial charge in [-0.3, -0.25) is 14.8 Å². The standard InChI is InChI=1S/C11H17ClN4O3/c1-7(12)4-13-5-10(17)6-15-9(3)11(16(18)19)8(2)14-15/h10,13,17H,1,4-6H2,2-3H3. The molecule has 0 fully saturated rings. The minimum atomic E-state index is -0.714. The number of aromatic nitrogens is 2. The van der Waals surface area contributed by atoms with E-state index in [-0.39, 0.29) is 12.2 Å². The average Bonchev–Trinajstić information content (AvgIpc) is 2.53. The van der Waals surface area contributed by atoms with Gasteiger partial charge in [-0.05, 0) is 13.8 Å². The zero-order valence-corrected chi connectivity index (χ0v) is 11.6. The van der Waals surface area contributed by atoms with Gasteiger partial charge in [0.2, 0.25) is 0 Å². The van der Waals surface area contributed by atoms with Crippen molar-refractivity contribution in [1.29, 1.82) is 0 Å². The number of halogens is 1. The van der Waals surface area contributed by atoms with E-state index in [1.54, 1.807) is 13.8 Å². The molecular formula is C11H17ClN4O3. The van der Waals surface area contributed by atoms with Crippen molar-refractivity contribution >= 4 is 17.3 Å². The Kier molecular flexibility index (Phi) is 5.46. The lowest BCUT2D eigenvalue weighted by Crippen LogP contribution is -2.31. The van der Waals surface area contributed by atoms with Gasteiger partial charge in [0.25, 0.3) is 0 Å². The van der Waals surface area contributed by atoms with Crippen LogP contribution in [0.3, 0.4) is 0 Å². The Morgan fingerprint density at radius 3 is 2.79 bits per heavy atom. The average molecular weight is 289 g/mol. The summed E-state index contributed by atoms with van der Waals surface area (Å²) in [7, 11) is 0. The summed E-state index contributed by atoms with van der Waals surface area (Å²) < 4.78 is 1.44. The molecular weight excluding hydrogens is 272 g/mol. The molecule has 0 aliphatic carbocycles. The molecule has 106 valence electrons. The fraction of sp³-hybridized carbons (Fsp3) is 0.545. The summed E-state index contributed by atoms with van der Waals surface area (Å²) in [6.45, 7) is 7.58. The quantitative estimate of drug-likeness (QED) is 0.579. The van der Waals surface area contributed by atoms with Crippen LogP contribution in [0.4, 0.5) is 5.69 Å². The summed E-state index contributed by atoms with van der Waals surface area (Å²) in [4.78, 5) is 10.4. The van der Waals surface area contributed by atoms with Crippen LogP contribution in [0.1, 0.15) is 11.4 Å². The number of hydrogen-bond donors (Lipinski definition) is 2. The minimum absolute atomic E-state index is 0.00528. The molecule has 1 rings (SSSR count). The molecule has 0 amide bonds. The fourth-order valence-electron chi connectivity index (χ4n) is 1.77. The highest BCUT2D eigenvalue weighted by Gasteiger charge is 2.22. The predicted octanol–water partition coefficient (Wildman–Crippen LogP) is 1.11. The maximum atomic E-state index is 10.8. The van der Waals surface area contributed by atoms with E-state index in [0.29, 0.717) is 29.5 Å². The SMILES string of the molecule is C=C(Cl)CNCC(O)Cn1nc(C)c([N+](=O)[O-])c1C. The first kappa shape index (κ1) is 15.6. The molecule has 0 aliphatic heterocycles. The van der Waals surface area contributed by atoms with Crippen LogP contribution in [0.15, 0.2) is 11.6 Å². The lowest BCUT2D eigenvalue weighted by Gasteiger charge is -2.12. The van der Waals surface area contributed by atoms with Crippen LogP contribution >= 0.6 is 11.6 Å². The monoisotopic (exact) mass is 288 g/mol. The minimum Gasteiger partial charge on any atom is -0.390 e. The highest BCUT2D eigenvalue weighted by molar-refractivity contribution is 6.29. The van der Waals surface area contributed by atoms with Crippen LogP contribution in [-0.4, -0.2) is 39.0 Å². The van der Waals surface area contributed by atoms with Gasteiger partial charge >= 0.3 is 5.69 Å². The number of nitrogens with one attached hydrogen (secondary N) is 1. The molecule has 0 aliphatic rings. The van der Waals surface area contributed by atoms with Crippen LogP contribution in [0, 0.1) is 24.0 Å². The second-order valence-electron chi connectivity index (χ2n) is 4.26. The van der Waals surface area contributed by atoms with E-state index in [1.807, 2.05) is 0 Å². The van der Waals surface area contributed by atoms with Gasteiger partial charge < -0.3 is 10.4 Å². The van der Waals surface area contributed by atoms with Crippen molar-refractivity contribution in [2.75, 3.05) is 13.1 Å². The maximum Gasteiger partial charge on any atom is 0.312 e. The molecule has 0 radical (unpaired) electrons. The molecule has 0 saturated heterocycles. The molecule has 1 aromatic rings. The highest BCUT2D eigenvalue weighted by atomic mass is 35.5. The van der Waals surface area contributed by atoms with Crippen LogP contribution < -0.4 is 5.32 Å². The summed E-state index contributed by atoms with van der Waals surface area (Å²) in [5, 5.41) is 28.1. The summed E-state index contributed by atoms with van der Waals surface area (Å²) in [6.07, 6.45) is -0.714. The molecule has 0 aromatic carbocycles. The first-order valence-corrected chi connectivity index (χ1v) is 6.11. The van der Waals surface area contributed by atoms with Crippen LogP contribution in [0.2, 0.25) is 0 Å². The summed E-state index contributed by atoms with van der Waals surface area (Å²) in [6, 6.07) is 0. The Bertz CT molecular complexity index is 487. The van der Waals surface area contributed by atoms with Gasteiger partial charge in [-0.2, -0.15) is 5.10 Å². The maximum absolute atomic E-state index is 10.8. The number of nitrogens with zero attached hydrogens (tertiary/aromatic N) is 3. The fourth-order valence-corrected chi connectivity index (χ4v) is 1.86. The van der Waals surface area contributed by atoms with Crippen molar-refractivity contribution in [2.45, 2.75) is 26.5 Å². The van der Waals surface area contributed by atoms with Crippen molar-refractivity contribution in [1.82, 2.24) is 15.1 Å². The Balaban J connectivity index is 2.64. The van der Waals surface area contributed by atoms with E-state index in [9.17, 15) is 15.2 Å². The van der Waals surface area contributed by atoms with E-state index < -0.39 is 11.0 Å². The van der Waals surface area contributed by atoms with Crippen LogP contribution in [0.25, 0.3) is 0 Å². The Hall–Kier alpha value is -1.44. The van der Waals surface area contributed by atoms with E-state index >= 15 is 0 Å². The molecule has 2 N–H and O–H groups in total. The molecule has 1 unspecified atom stereocenters. The van der Waals surface area contributed by atoms with Crippen molar-refractivity contribution in [3.8, 4) is 0 Å². The second kappa shape index (κ2) is 6.65. The predicted molar refractivity (Wildman–Crippen MR) is 72.2 cm³/mol. The lowest BCUT2D eigenvalue weighted by atomic mass is 10.3. The number of hydrogen-bond acceptors (Lipinski definition) is 5. The summed E-state index contributed by atoms with van der Waals surface area (Å²) in [5.41, 5.74) is 0.773. The third kappa shape index (κ3) is 4.30. The Morgan fingerprint density at radius 2 is 2.32 bits per heavy atom. The lowest BCUT2D eigenvalue weighted by molar-refractivity contribution is -0.386. The van der Waals surface area contributed by atoms with E-state index in [0.717, 1.165) is 0 Å². The molecule has 7 nitrogen and oxygen atoms in total. The zero-order valence-electron chi connectivity index (χ0n) is 10.9. The topological polar surface area (TPSA) is 93.2 Å². The van der Waals surface area contributed by atoms with Crippen molar-refractivity contribution in [3.05, 3.63) is 33.1 Å². The molecule has 1 aromatic heterocycles. The van der Waals surface area contributed by atoms with E-state index in [4.69, 9.17) is 11.6 Å². The van der Waals surface area contributed by atoms with Gasteiger partial charge in [-0.15, -0.1) is 0 Å². The van der Waals surface area contributed by atoms with E-state index in [1.165, 1.54) is 4.68 Å². The van der Waals surface area contributed by atoms with Gasteiger partial charge in [0, 0.05) is 18.1 Å². The van der Waals surface area contributed by atoms with Gasteiger partial charge in [-0.1, -0.05) is 18.2 Å². The van der Waals surface area contributed by atoms with Crippen LogP contribution in [-0.2, 0) is 6.54 Å². The number of nitro groups is 1. The molecule has 0 spiro atoms. The largest absolute Gasteiger partial charge is 0.390 e. The number of aliphatic hydroxyl groups excluding tert-OH is 1. The van der Waals surface area contributed by atoms with E-state index in [2.05, 4.69) is 17.0 Å². The third-order valence-electron chi connectivity index (χ3n) is 2.61. The Morgan fingerprint density at radius 1 is 1.68 bits per heavy atom. The molecule has 1 heterocycles. The first-order valence-electron chi connectivity index (χ1n) is 5.73. The molecule has 0 bridgehead atoms. The normalized spacial score (nSPS) is 12.4. The molecule has 19 heavy (non-hydrogen) atoms. The third-order valence-corrected chi connectivity index (χ3v) is 2.74. The van der Waals surface area contributed by atoms with Crippen molar-refractivity contribution in [2.24, 2.45) is 0 Å². The molecule has 0 saturated carbocycles. The summed E-state index contributed by atoms with van der Waals surface area (Å²) in [5.74, 6) is 0. The highest BCUT2D eigenvalue weighted by Crippen LogP contribution is 2.21. The Labute approximate surface area is 116 Å². The van der Waals surface area contributed by atoms with Crippen LogP contribution in [0.5, 0.6) is 0 Å². The number of aryl methyl sites for hydroxylation is 1. The molecule has 1 atom stereocenters. The second-order valence-corrected chi connectivity index (χ2v) is 4.80. The van der Waals surface area contributed by atoms with Gasteiger partial charge in [0.1, 0.15) is 11.4 Å². The van der Waals surface area contributed by atoms with Gasteiger partial charge in [0.15, 0.2) is 0 Å². The first-order chi connectivity index (χ1) is 8.82. The van der Waals surface area contributed by atoms with Crippen molar-refractivity contribution < 1.29 is 10.0 Å². The van der Waals surface area contributed by atoms with Gasteiger partial charge in [0.05, 0.1) is 17.6 Å². The number of aliphatic hydroxyl groups is 1. The number of rotatable bonds is 7. The summed E-state index contributed by atoms with van der Waals surface area (Å²) >= 11 is 5.57. The van der Waals surface area contributed by atoms with Crippen molar-refractivity contribution in [3.63, 3.8) is 0 Å². The zero-order chi connectivity index (χ0) is 14.6. The smallest absolute Gasteiger partial charge is 0.312 e. The van der Waals surface area contributed by atoms with Gasteiger partial charge in [-0.25, -0.2) is 0 Å². The molecule has 8 heteroatoms.